The van der Waals surface area contributed by atoms with Gasteiger partial charge in [-0.1, -0.05) is 6.92 Å². The number of nitrogens with zero attached hydrogens (tertiary/aromatic N) is 7. The summed E-state index contributed by atoms with van der Waals surface area (Å²) < 4.78 is 16.0. The highest BCUT2D eigenvalue weighted by atomic mass is 19.1. The average Bonchev–Trinajstić information content (AvgIpc) is 3.54. The lowest BCUT2D eigenvalue weighted by molar-refractivity contribution is -0.116. The quantitative estimate of drug-likeness (QED) is 0.313. The van der Waals surface area contributed by atoms with Crippen LogP contribution in [0.3, 0.4) is 0 Å². The molecule has 6 heterocycles. The van der Waals surface area contributed by atoms with Gasteiger partial charge in [0.15, 0.2) is 11.6 Å². The van der Waals surface area contributed by atoms with Crippen LogP contribution in [0.5, 0.6) is 0 Å². The third kappa shape index (κ3) is 4.32. The third-order valence-electron chi connectivity index (χ3n) is 6.76. The molecule has 0 radical (unpaired) electrons. The molecule has 1 saturated heterocycles. The maximum absolute atomic E-state index is 16.0. The van der Waals surface area contributed by atoms with E-state index in [-0.39, 0.29) is 17.0 Å². The number of H-pyrrole nitrogens is 2. The minimum atomic E-state index is -0.553. The topological polar surface area (TPSA) is 132 Å². The number of hydrogen-bond acceptors (Lipinski definition) is 8. The third-order valence-corrected chi connectivity index (χ3v) is 6.76. The van der Waals surface area contributed by atoms with Gasteiger partial charge in [-0.25, -0.2) is 9.37 Å². The van der Waals surface area contributed by atoms with Crippen LogP contribution in [-0.4, -0.2) is 79.2 Å². The van der Waals surface area contributed by atoms with Gasteiger partial charge < -0.3 is 20.1 Å². The van der Waals surface area contributed by atoms with E-state index in [4.69, 9.17) is 4.98 Å². The predicted octanol–water partition coefficient (Wildman–Crippen LogP) is 3.59. The zero-order valence-electron chi connectivity index (χ0n) is 21.1. The van der Waals surface area contributed by atoms with Crippen LogP contribution in [0.15, 0.2) is 37.1 Å². The molecule has 12 heteroatoms. The SMILES string of the molecule is CCCC(=O)Nc1cncc(-c2ncc3[nH]nc(-c4nc5c(N6CCN(C)CC6)cncc5[nH]4)c3c2F)c1. The van der Waals surface area contributed by atoms with E-state index in [1.165, 1.54) is 18.6 Å². The van der Waals surface area contributed by atoms with Gasteiger partial charge in [0.2, 0.25) is 5.91 Å². The number of aromatic nitrogens is 7. The molecule has 5 aromatic rings. The van der Waals surface area contributed by atoms with Crippen molar-refractivity contribution in [2.45, 2.75) is 19.8 Å². The number of nitrogens with one attached hydrogen (secondary N) is 3. The fraction of sp³-hybridized carbons (Fsp3) is 0.308. The molecule has 0 unspecified atom stereocenters. The Bertz CT molecular complexity index is 1640. The van der Waals surface area contributed by atoms with E-state index in [9.17, 15) is 4.79 Å². The van der Waals surface area contributed by atoms with Gasteiger partial charge in [-0.05, 0) is 19.5 Å². The number of amides is 1. The molecular weight excluding hydrogens is 487 g/mol. The van der Waals surface area contributed by atoms with Crippen LogP contribution >= 0.6 is 0 Å². The summed E-state index contributed by atoms with van der Waals surface area (Å²) in [5, 5.41) is 10.3. The van der Waals surface area contributed by atoms with Gasteiger partial charge in [0.05, 0.1) is 52.6 Å². The molecule has 5 aromatic heterocycles. The highest BCUT2D eigenvalue weighted by Gasteiger charge is 2.23. The summed E-state index contributed by atoms with van der Waals surface area (Å²) in [6, 6.07) is 1.66. The number of hydrogen-bond donors (Lipinski definition) is 3. The van der Waals surface area contributed by atoms with E-state index >= 15 is 4.39 Å². The second-order valence-corrected chi connectivity index (χ2v) is 9.47. The van der Waals surface area contributed by atoms with Gasteiger partial charge in [-0.15, -0.1) is 0 Å². The fourth-order valence-corrected chi connectivity index (χ4v) is 4.75. The van der Waals surface area contributed by atoms with E-state index in [2.05, 4.69) is 52.3 Å². The Morgan fingerprint density at radius 1 is 1.05 bits per heavy atom. The number of aromatic amines is 2. The molecule has 0 aliphatic carbocycles. The lowest BCUT2D eigenvalue weighted by atomic mass is 10.1. The second-order valence-electron chi connectivity index (χ2n) is 9.47. The summed E-state index contributed by atoms with van der Waals surface area (Å²) in [5.74, 6) is -0.241. The number of pyridine rings is 3. The van der Waals surface area contributed by atoms with E-state index in [1.807, 2.05) is 13.1 Å². The summed E-state index contributed by atoms with van der Waals surface area (Å²) in [5.41, 5.74) is 4.28. The number of rotatable bonds is 6. The van der Waals surface area contributed by atoms with Crippen molar-refractivity contribution < 1.29 is 9.18 Å². The summed E-state index contributed by atoms with van der Waals surface area (Å²) >= 11 is 0. The monoisotopic (exact) mass is 514 g/mol. The van der Waals surface area contributed by atoms with Crippen LogP contribution in [0, 0.1) is 5.82 Å². The Morgan fingerprint density at radius 3 is 2.68 bits per heavy atom. The number of halogens is 1. The van der Waals surface area contributed by atoms with Gasteiger partial charge in [-0.3, -0.25) is 24.8 Å². The number of fused-ring (bicyclic) bond motifs is 2. The molecule has 1 aliphatic heterocycles. The molecule has 0 saturated carbocycles. The number of carbonyl (C=O) groups excluding carboxylic acids is 1. The Morgan fingerprint density at radius 2 is 1.87 bits per heavy atom. The Balaban J connectivity index is 1.39. The molecule has 11 nitrogen and oxygen atoms in total. The summed E-state index contributed by atoms with van der Waals surface area (Å²) in [7, 11) is 2.11. The minimum Gasteiger partial charge on any atom is -0.366 e. The summed E-state index contributed by atoms with van der Waals surface area (Å²) in [4.78, 5) is 37.6. The Hall–Kier alpha value is -4.45. The first-order valence-electron chi connectivity index (χ1n) is 12.6. The highest BCUT2D eigenvalue weighted by Crippen LogP contribution is 2.34. The first kappa shape index (κ1) is 23.9. The van der Waals surface area contributed by atoms with Gasteiger partial charge >= 0.3 is 0 Å². The normalized spacial score (nSPS) is 14.4. The summed E-state index contributed by atoms with van der Waals surface area (Å²) in [6.45, 7) is 5.59. The molecule has 194 valence electrons. The number of likely N-dealkylation sites (N-methyl/N-ethyl adjacent to an activating group) is 1. The van der Waals surface area contributed by atoms with Crippen molar-refractivity contribution in [3.63, 3.8) is 0 Å². The molecule has 0 atom stereocenters. The second kappa shape index (κ2) is 9.78. The van der Waals surface area contributed by atoms with E-state index in [0.29, 0.717) is 34.7 Å². The summed E-state index contributed by atoms with van der Waals surface area (Å²) in [6.07, 6.45) is 9.23. The van der Waals surface area contributed by atoms with Crippen molar-refractivity contribution in [2.75, 3.05) is 43.4 Å². The highest BCUT2D eigenvalue weighted by molar-refractivity contribution is 5.97. The standard InChI is InChI=1S/C26H27FN10O/c1-3-4-20(38)31-16-9-15(10-28-11-16)23-22(27)21-17(13-30-23)34-35-25(21)26-32-18-12-29-14-19(24(18)33-26)37-7-5-36(2)6-8-37/h9-14H,3-8H2,1-2H3,(H,31,38)(H,32,33)(H,34,35). The molecule has 1 fully saturated rings. The van der Waals surface area contributed by atoms with E-state index in [0.717, 1.165) is 49.3 Å². The molecule has 0 bridgehead atoms. The number of carbonyl (C=O) groups is 1. The molecule has 1 aliphatic rings. The van der Waals surface area contributed by atoms with Crippen molar-refractivity contribution in [3.8, 4) is 22.8 Å². The molecule has 3 N–H and O–H groups in total. The van der Waals surface area contributed by atoms with Crippen LogP contribution in [0.1, 0.15) is 19.8 Å². The van der Waals surface area contributed by atoms with Crippen molar-refractivity contribution in [2.24, 2.45) is 0 Å². The van der Waals surface area contributed by atoms with Crippen molar-refractivity contribution in [1.82, 2.24) is 40.0 Å². The van der Waals surface area contributed by atoms with Crippen LogP contribution in [0.25, 0.3) is 44.7 Å². The van der Waals surface area contributed by atoms with Crippen LogP contribution in [0.2, 0.25) is 0 Å². The van der Waals surface area contributed by atoms with Crippen LogP contribution in [-0.2, 0) is 4.79 Å². The van der Waals surface area contributed by atoms with Gasteiger partial charge in [-0.2, -0.15) is 5.10 Å². The smallest absolute Gasteiger partial charge is 0.224 e. The number of anilines is 2. The Labute approximate surface area is 217 Å². The number of piperazine rings is 1. The molecule has 38 heavy (non-hydrogen) atoms. The van der Waals surface area contributed by atoms with Crippen molar-refractivity contribution in [3.05, 3.63) is 42.9 Å². The fourth-order valence-electron chi connectivity index (χ4n) is 4.75. The maximum Gasteiger partial charge on any atom is 0.224 e. The average molecular weight is 515 g/mol. The predicted molar refractivity (Wildman–Crippen MR) is 143 cm³/mol. The first-order chi connectivity index (χ1) is 18.5. The molecule has 0 spiro atoms. The number of imidazole rings is 1. The van der Waals surface area contributed by atoms with Crippen LogP contribution in [0.4, 0.5) is 15.8 Å². The molecular formula is C26H27FN10O. The molecule has 0 aromatic carbocycles. The van der Waals surface area contributed by atoms with Crippen molar-refractivity contribution >= 4 is 39.2 Å². The van der Waals surface area contributed by atoms with Gasteiger partial charge in [0.1, 0.15) is 16.9 Å². The van der Waals surface area contributed by atoms with Gasteiger partial charge in [0, 0.05) is 44.4 Å². The van der Waals surface area contributed by atoms with Gasteiger partial charge in [0.25, 0.3) is 0 Å². The first-order valence-corrected chi connectivity index (χ1v) is 12.6. The van der Waals surface area contributed by atoms with E-state index in [1.54, 1.807) is 12.3 Å². The molecule has 1 amide bonds. The lowest BCUT2D eigenvalue weighted by Crippen LogP contribution is -2.44. The zero-order chi connectivity index (χ0) is 26.2. The van der Waals surface area contributed by atoms with E-state index < -0.39 is 5.82 Å². The lowest BCUT2D eigenvalue weighted by Gasteiger charge is -2.33. The van der Waals surface area contributed by atoms with Crippen molar-refractivity contribution in [1.29, 1.82) is 0 Å². The minimum absolute atomic E-state index is 0.107. The zero-order valence-corrected chi connectivity index (χ0v) is 21.1. The molecule has 6 rings (SSSR count). The largest absolute Gasteiger partial charge is 0.366 e. The Kier molecular flexibility index (Phi) is 6.16. The maximum atomic E-state index is 16.0. The van der Waals surface area contributed by atoms with Crippen LogP contribution < -0.4 is 10.2 Å².